The predicted octanol–water partition coefficient (Wildman–Crippen LogP) is 3.64. The number of rotatable bonds is 3. The van der Waals surface area contributed by atoms with Crippen molar-refractivity contribution < 1.29 is 4.79 Å². The average Bonchev–Trinajstić information content (AvgIpc) is 2.38. The van der Waals surface area contributed by atoms with Crippen LogP contribution in [0.4, 0.5) is 0 Å². The van der Waals surface area contributed by atoms with Crippen molar-refractivity contribution in [2.24, 2.45) is 10.9 Å². The fourth-order valence-corrected chi connectivity index (χ4v) is 2.61. The molecule has 1 unspecified atom stereocenters. The van der Waals surface area contributed by atoms with Gasteiger partial charge in [0.05, 0.1) is 6.04 Å². The molecular formula is C14H17NO. The normalized spacial score (nSPS) is 18.8. The van der Waals surface area contributed by atoms with Gasteiger partial charge in [0, 0.05) is 0 Å². The molecule has 0 saturated heterocycles. The van der Waals surface area contributed by atoms with E-state index < -0.39 is 0 Å². The molecule has 0 bridgehead atoms. The van der Waals surface area contributed by atoms with Crippen molar-refractivity contribution in [2.45, 2.75) is 38.1 Å². The summed E-state index contributed by atoms with van der Waals surface area (Å²) in [7, 11) is 0. The summed E-state index contributed by atoms with van der Waals surface area (Å²) >= 11 is 0. The number of benzene rings is 1. The molecule has 0 amide bonds. The van der Waals surface area contributed by atoms with E-state index in [1.807, 2.05) is 18.2 Å². The standard InChI is InChI=1S/C14H17NO/c16-11-15-14(12-7-3-1-4-8-12)13-9-5-2-6-10-13/h1,3-4,7-8,13-14H,2,5-6,9-10H2. The van der Waals surface area contributed by atoms with Crippen molar-refractivity contribution in [1.29, 1.82) is 0 Å². The zero-order chi connectivity index (χ0) is 11.2. The van der Waals surface area contributed by atoms with Gasteiger partial charge in [-0.25, -0.2) is 4.79 Å². The lowest BCUT2D eigenvalue weighted by atomic mass is 9.81. The lowest BCUT2D eigenvalue weighted by Gasteiger charge is -2.26. The van der Waals surface area contributed by atoms with E-state index in [2.05, 4.69) is 17.1 Å². The van der Waals surface area contributed by atoms with Gasteiger partial charge in [0.25, 0.3) is 0 Å². The Morgan fingerprint density at radius 2 is 1.81 bits per heavy atom. The lowest BCUT2D eigenvalue weighted by Crippen LogP contribution is -2.14. The second-order valence-corrected chi connectivity index (χ2v) is 4.47. The highest BCUT2D eigenvalue weighted by Crippen LogP contribution is 2.36. The topological polar surface area (TPSA) is 29.4 Å². The van der Waals surface area contributed by atoms with Gasteiger partial charge in [-0.05, 0) is 24.3 Å². The Kier molecular flexibility index (Phi) is 3.90. The minimum atomic E-state index is 0.0269. The van der Waals surface area contributed by atoms with Crippen LogP contribution >= 0.6 is 0 Å². The number of isocyanates is 1. The molecule has 1 atom stereocenters. The highest BCUT2D eigenvalue weighted by molar-refractivity contribution is 5.35. The summed E-state index contributed by atoms with van der Waals surface area (Å²) in [5, 5.41) is 0. The minimum Gasteiger partial charge on any atom is -0.211 e. The van der Waals surface area contributed by atoms with Gasteiger partial charge in [0.2, 0.25) is 6.08 Å². The summed E-state index contributed by atoms with van der Waals surface area (Å²) in [6, 6.07) is 10.1. The van der Waals surface area contributed by atoms with Crippen LogP contribution in [-0.4, -0.2) is 6.08 Å². The van der Waals surface area contributed by atoms with Gasteiger partial charge >= 0.3 is 0 Å². The van der Waals surface area contributed by atoms with E-state index in [-0.39, 0.29) is 6.04 Å². The zero-order valence-electron chi connectivity index (χ0n) is 9.43. The van der Waals surface area contributed by atoms with Crippen molar-refractivity contribution in [3.05, 3.63) is 35.9 Å². The van der Waals surface area contributed by atoms with Crippen LogP contribution in [0.3, 0.4) is 0 Å². The summed E-state index contributed by atoms with van der Waals surface area (Å²) in [6.07, 6.45) is 7.96. The molecule has 1 aromatic carbocycles. The Balaban J connectivity index is 2.19. The van der Waals surface area contributed by atoms with E-state index in [1.165, 1.54) is 32.1 Å². The Labute approximate surface area is 96.4 Å². The van der Waals surface area contributed by atoms with Gasteiger partial charge in [0.15, 0.2) is 0 Å². The molecule has 1 aliphatic carbocycles. The molecule has 1 aromatic rings. The molecule has 1 fully saturated rings. The highest BCUT2D eigenvalue weighted by atomic mass is 16.1. The van der Waals surface area contributed by atoms with E-state index in [1.54, 1.807) is 6.08 Å². The molecule has 0 N–H and O–H groups in total. The molecule has 0 aromatic heterocycles. The summed E-state index contributed by atoms with van der Waals surface area (Å²) < 4.78 is 0. The number of hydrogen-bond donors (Lipinski definition) is 0. The summed E-state index contributed by atoms with van der Waals surface area (Å²) in [5.41, 5.74) is 1.15. The molecule has 1 saturated carbocycles. The van der Waals surface area contributed by atoms with Crippen molar-refractivity contribution in [1.82, 2.24) is 0 Å². The first-order valence-corrected chi connectivity index (χ1v) is 6.04. The highest BCUT2D eigenvalue weighted by Gasteiger charge is 2.24. The first-order valence-electron chi connectivity index (χ1n) is 6.04. The smallest absolute Gasteiger partial charge is 0.211 e. The molecule has 16 heavy (non-hydrogen) atoms. The third-order valence-corrected chi connectivity index (χ3v) is 3.43. The van der Waals surface area contributed by atoms with Crippen molar-refractivity contribution in [2.75, 3.05) is 0 Å². The van der Waals surface area contributed by atoms with Gasteiger partial charge in [-0.2, -0.15) is 4.99 Å². The first kappa shape index (κ1) is 11.1. The molecule has 0 heterocycles. The van der Waals surface area contributed by atoms with Crippen LogP contribution in [0.25, 0.3) is 0 Å². The Hall–Kier alpha value is -1.40. The van der Waals surface area contributed by atoms with E-state index >= 15 is 0 Å². The van der Waals surface area contributed by atoms with Crippen LogP contribution in [0.5, 0.6) is 0 Å². The zero-order valence-corrected chi connectivity index (χ0v) is 9.43. The molecule has 0 spiro atoms. The third-order valence-electron chi connectivity index (χ3n) is 3.43. The van der Waals surface area contributed by atoms with Crippen molar-refractivity contribution in [3.63, 3.8) is 0 Å². The van der Waals surface area contributed by atoms with Gasteiger partial charge in [-0.3, -0.25) is 0 Å². The van der Waals surface area contributed by atoms with Gasteiger partial charge in [-0.15, -0.1) is 0 Å². The van der Waals surface area contributed by atoms with Crippen LogP contribution in [0.15, 0.2) is 35.3 Å². The molecule has 2 nitrogen and oxygen atoms in total. The molecule has 2 rings (SSSR count). The second kappa shape index (κ2) is 5.62. The van der Waals surface area contributed by atoms with Crippen LogP contribution < -0.4 is 0 Å². The lowest BCUT2D eigenvalue weighted by molar-refractivity contribution is 0.309. The van der Waals surface area contributed by atoms with Gasteiger partial charge in [0.1, 0.15) is 0 Å². The number of carbonyl (C=O) groups excluding carboxylic acids is 1. The average molecular weight is 215 g/mol. The van der Waals surface area contributed by atoms with E-state index in [4.69, 9.17) is 0 Å². The first-order chi connectivity index (χ1) is 7.92. The van der Waals surface area contributed by atoms with E-state index in [0.717, 1.165) is 5.56 Å². The minimum absolute atomic E-state index is 0.0269. The third kappa shape index (κ3) is 2.59. The maximum Gasteiger partial charge on any atom is 0.235 e. The maximum absolute atomic E-state index is 10.5. The summed E-state index contributed by atoms with van der Waals surface area (Å²) in [6.45, 7) is 0. The predicted molar refractivity (Wildman–Crippen MR) is 63.9 cm³/mol. The van der Waals surface area contributed by atoms with Gasteiger partial charge < -0.3 is 0 Å². The molecule has 0 aliphatic heterocycles. The SMILES string of the molecule is O=C=NC(c1ccccc1)C1CCCCC1. The Bertz CT molecular complexity index is 362. The van der Waals surface area contributed by atoms with Crippen LogP contribution in [0.1, 0.15) is 43.7 Å². The number of nitrogens with zero attached hydrogens (tertiary/aromatic N) is 1. The summed E-state index contributed by atoms with van der Waals surface area (Å²) in [5.74, 6) is 0.526. The van der Waals surface area contributed by atoms with Gasteiger partial charge in [-0.1, -0.05) is 49.6 Å². The largest absolute Gasteiger partial charge is 0.235 e. The van der Waals surface area contributed by atoms with Crippen molar-refractivity contribution >= 4 is 6.08 Å². The Morgan fingerprint density at radius 1 is 1.12 bits per heavy atom. The van der Waals surface area contributed by atoms with Crippen LogP contribution in [-0.2, 0) is 4.79 Å². The van der Waals surface area contributed by atoms with Crippen LogP contribution in [0, 0.1) is 5.92 Å². The second-order valence-electron chi connectivity index (χ2n) is 4.47. The monoisotopic (exact) mass is 215 g/mol. The van der Waals surface area contributed by atoms with Crippen LogP contribution in [0.2, 0.25) is 0 Å². The Morgan fingerprint density at radius 3 is 2.44 bits per heavy atom. The fraction of sp³-hybridized carbons (Fsp3) is 0.500. The van der Waals surface area contributed by atoms with E-state index in [0.29, 0.717) is 5.92 Å². The number of aliphatic imine (C=N–C) groups is 1. The number of hydrogen-bond acceptors (Lipinski definition) is 2. The summed E-state index contributed by atoms with van der Waals surface area (Å²) in [4.78, 5) is 14.6. The fourth-order valence-electron chi connectivity index (χ4n) is 2.61. The molecule has 1 aliphatic rings. The molecule has 2 heteroatoms. The maximum atomic E-state index is 10.5. The quantitative estimate of drug-likeness (QED) is 0.559. The molecule has 0 radical (unpaired) electrons. The molecular weight excluding hydrogens is 198 g/mol. The molecule has 84 valence electrons. The van der Waals surface area contributed by atoms with Crippen molar-refractivity contribution in [3.8, 4) is 0 Å². The van der Waals surface area contributed by atoms with E-state index in [9.17, 15) is 4.79 Å².